The summed E-state index contributed by atoms with van der Waals surface area (Å²) in [4.78, 5) is 12.6. The molecule has 1 aromatic carbocycles. The van der Waals surface area contributed by atoms with Gasteiger partial charge >= 0.3 is 5.97 Å². The highest BCUT2D eigenvalue weighted by Gasteiger charge is 2.83. The Bertz CT molecular complexity index is 1330. The molecule has 6 aliphatic rings. The van der Waals surface area contributed by atoms with Crippen molar-refractivity contribution in [1.29, 1.82) is 0 Å². The highest BCUT2D eigenvalue weighted by Crippen LogP contribution is 2.83. The zero-order chi connectivity index (χ0) is 31.8. The third kappa shape index (κ3) is 3.40. The monoisotopic (exact) mass is 608 g/mol. The lowest BCUT2D eigenvalue weighted by Gasteiger charge is -2.78. The zero-order valence-corrected chi connectivity index (χ0v) is 27.9. The van der Waals surface area contributed by atoms with E-state index in [4.69, 9.17) is 4.74 Å². The summed E-state index contributed by atoms with van der Waals surface area (Å²) >= 11 is 0. The molecule has 0 aromatic heterocycles. The highest BCUT2D eigenvalue weighted by molar-refractivity contribution is 5.74. The fraction of sp³-hybridized carbons (Fsp3) is 0.816. The maximum absolute atomic E-state index is 12.6. The van der Waals surface area contributed by atoms with Crippen molar-refractivity contribution in [3.63, 3.8) is 0 Å². The lowest BCUT2D eigenvalue weighted by atomic mass is 9.26. The van der Waals surface area contributed by atoms with Crippen LogP contribution in [-0.2, 0) is 16.0 Å². The summed E-state index contributed by atoms with van der Waals surface area (Å²) in [5.41, 5.74) is -1.27. The SMILES string of the molecule is C[C@@H]1[C@@]23CC[C@H]4[C@@](C)(CC[C@@]5(C)[C@@H]6C[C@](C)(C(=O)O)CC[C@]6(C)CC[C@]45C)[C@]2(CO)[C@@H](O)C[C@]1(O)O[C@H]3Cc1ccccc1. The third-order valence-corrected chi connectivity index (χ3v) is 16.9. The summed E-state index contributed by atoms with van der Waals surface area (Å²) in [7, 11) is 0. The minimum absolute atomic E-state index is 0.0377. The summed E-state index contributed by atoms with van der Waals surface area (Å²) in [5.74, 6) is -1.71. The zero-order valence-electron chi connectivity index (χ0n) is 27.9. The summed E-state index contributed by atoms with van der Waals surface area (Å²) in [6.45, 7) is 13.7. The van der Waals surface area contributed by atoms with Gasteiger partial charge in [0.2, 0.25) is 0 Å². The maximum Gasteiger partial charge on any atom is 0.309 e. The summed E-state index contributed by atoms with van der Waals surface area (Å²) in [5, 5.41) is 46.4. The van der Waals surface area contributed by atoms with Gasteiger partial charge in [-0.2, -0.15) is 0 Å². The van der Waals surface area contributed by atoms with Crippen LogP contribution in [0.3, 0.4) is 0 Å². The normalized spacial score (nSPS) is 56.2. The minimum atomic E-state index is -1.41. The molecule has 0 unspecified atom stereocenters. The molecule has 5 saturated carbocycles. The van der Waals surface area contributed by atoms with Gasteiger partial charge in [0, 0.05) is 23.2 Å². The fourth-order valence-electron chi connectivity index (χ4n) is 14.0. The first-order chi connectivity index (χ1) is 20.5. The Kier molecular flexibility index (Phi) is 6.60. The van der Waals surface area contributed by atoms with Crippen LogP contribution in [0.25, 0.3) is 0 Å². The Labute approximate surface area is 264 Å². The van der Waals surface area contributed by atoms with Crippen LogP contribution >= 0.6 is 0 Å². The molecule has 1 saturated heterocycles. The summed E-state index contributed by atoms with van der Waals surface area (Å²) in [6, 6.07) is 10.3. The second-order valence-corrected chi connectivity index (χ2v) is 17.9. The van der Waals surface area contributed by atoms with E-state index in [0.29, 0.717) is 12.3 Å². The van der Waals surface area contributed by atoms with E-state index in [9.17, 15) is 25.2 Å². The van der Waals surface area contributed by atoms with Crippen molar-refractivity contribution in [3.05, 3.63) is 35.9 Å². The van der Waals surface area contributed by atoms with Crippen molar-refractivity contribution in [2.24, 2.45) is 55.7 Å². The van der Waals surface area contributed by atoms with Gasteiger partial charge < -0.3 is 25.2 Å². The smallest absolute Gasteiger partial charge is 0.309 e. The van der Waals surface area contributed by atoms with Gasteiger partial charge in [0.25, 0.3) is 0 Å². The Hall–Kier alpha value is -1.47. The molecule has 4 N–H and O–H groups in total. The van der Waals surface area contributed by atoms with Crippen molar-refractivity contribution in [3.8, 4) is 0 Å². The molecule has 44 heavy (non-hydrogen) atoms. The van der Waals surface area contributed by atoms with E-state index in [1.54, 1.807) is 0 Å². The van der Waals surface area contributed by atoms with Crippen LogP contribution in [0.4, 0.5) is 0 Å². The van der Waals surface area contributed by atoms with Crippen LogP contribution < -0.4 is 0 Å². The molecular weight excluding hydrogens is 552 g/mol. The van der Waals surface area contributed by atoms with Gasteiger partial charge in [-0.1, -0.05) is 65.0 Å². The molecule has 6 nitrogen and oxygen atoms in total. The van der Waals surface area contributed by atoms with Crippen molar-refractivity contribution in [2.45, 2.75) is 130 Å². The lowest BCUT2D eigenvalue weighted by Crippen LogP contribution is -2.77. The van der Waals surface area contributed by atoms with E-state index in [1.807, 2.05) is 25.1 Å². The van der Waals surface area contributed by atoms with E-state index < -0.39 is 34.1 Å². The number of aliphatic hydroxyl groups is 3. The third-order valence-electron chi connectivity index (χ3n) is 16.9. The van der Waals surface area contributed by atoms with E-state index in [0.717, 1.165) is 63.4 Å². The average molecular weight is 609 g/mol. The van der Waals surface area contributed by atoms with Gasteiger partial charge in [-0.3, -0.25) is 4.79 Å². The number of carbonyl (C=O) groups is 1. The second kappa shape index (κ2) is 9.33. The Balaban J connectivity index is 1.34. The number of hydrogen-bond donors (Lipinski definition) is 4. The molecule has 6 heteroatoms. The number of carboxylic acid groups (broad SMARTS) is 1. The first-order valence-electron chi connectivity index (χ1n) is 17.5. The Morgan fingerprint density at radius 3 is 2.14 bits per heavy atom. The molecule has 1 heterocycles. The maximum atomic E-state index is 12.6. The second-order valence-electron chi connectivity index (χ2n) is 17.9. The number of rotatable bonds is 4. The number of aliphatic carboxylic acids is 1. The largest absolute Gasteiger partial charge is 0.481 e. The first-order valence-corrected chi connectivity index (χ1v) is 17.5. The van der Waals surface area contributed by atoms with Crippen molar-refractivity contribution < 1.29 is 30.0 Å². The molecule has 244 valence electrons. The number of aliphatic hydroxyl groups excluding tert-OH is 2. The number of carboxylic acids is 1. The van der Waals surface area contributed by atoms with E-state index >= 15 is 0 Å². The van der Waals surface area contributed by atoms with Crippen LogP contribution in [0.1, 0.15) is 111 Å². The van der Waals surface area contributed by atoms with Gasteiger partial charge in [-0.05, 0) is 110 Å². The first kappa shape index (κ1) is 31.1. The van der Waals surface area contributed by atoms with Gasteiger partial charge in [-0.15, -0.1) is 0 Å². The van der Waals surface area contributed by atoms with Crippen molar-refractivity contribution >= 4 is 5.97 Å². The van der Waals surface area contributed by atoms with Crippen LogP contribution in [0.5, 0.6) is 0 Å². The minimum Gasteiger partial charge on any atom is -0.481 e. The molecule has 1 aliphatic heterocycles. The molecular formula is C38H56O6. The molecule has 2 bridgehead atoms. The van der Waals surface area contributed by atoms with E-state index in [1.165, 1.54) is 0 Å². The summed E-state index contributed by atoms with van der Waals surface area (Å²) in [6.07, 6.45) is 7.80. The number of benzene rings is 1. The van der Waals surface area contributed by atoms with Crippen LogP contribution in [0.2, 0.25) is 0 Å². The van der Waals surface area contributed by atoms with Crippen LogP contribution in [-0.4, -0.2) is 51.0 Å². The molecule has 13 atom stereocenters. The van der Waals surface area contributed by atoms with Crippen LogP contribution in [0.15, 0.2) is 30.3 Å². The quantitative estimate of drug-likeness (QED) is 0.307. The van der Waals surface area contributed by atoms with Gasteiger partial charge in [-0.25, -0.2) is 0 Å². The van der Waals surface area contributed by atoms with Gasteiger partial charge in [0.1, 0.15) is 0 Å². The molecule has 0 amide bonds. The molecule has 0 radical (unpaired) electrons. The number of fused-ring (bicyclic) bond motifs is 7. The van der Waals surface area contributed by atoms with E-state index in [2.05, 4.69) is 46.8 Å². The molecule has 7 rings (SSSR count). The van der Waals surface area contributed by atoms with E-state index in [-0.39, 0.29) is 52.6 Å². The van der Waals surface area contributed by atoms with Crippen molar-refractivity contribution in [2.75, 3.05) is 6.61 Å². The number of hydrogen-bond acceptors (Lipinski definition) is 5. The lowest BCUT2D eigenvalue weighted by molar-refractivity contribution is -0.333. The Morgan fingerprint density at radius 1 is 0.864 bits per heavy atom. The van der Waals surface area contributed by atoms with Crippen LogP contribution in [0, 0.1) is 55.7 Å². The summed E-state index contributed by atoms with van der Waals surface area (Å²) < 4.78 is 6.68. The highest BCUT2D eigenvalue weighted by atomic mass is 16.6. The standard InChI is InChI=1S/C38H56O6/c1-24-36-13-12-26-33(4)17-16-31(2)14-15-32(3,30(41)42)21-27(31)34(33,5)18-19-35(26,6)37(36,23-39)28(40)22-38(24,43)44-29(36)20-25-10-8-7-9-11-25/h7-11,24,26-29,39-40,43H,12-23H2,1-6H3,(H,41,42)/t24-,26-,27-,28+,29+,31-,32-,33-,34+,35-,36-,37+,38+/m1/s1. The predicted octanol–water partition coefficient (Wildman–Crippen LogP) is 6.60. The molecule has 1 spiro atoms. The van der Waals surface area contributed by atoms with Gasteiger partial charge in [0.05, 0.1) is 24.2 Å². The fourth-order valence-corrected chi connectivity index (χ4v) is 14.0. The predicted molar refractivity (Wildman–Crippen MR) is 168 cm³/mol. The topological polar surface area (TPSA) is 107 Å². The van der Waals surface area contributed by atoms with Gasteiger partial charge in [0.15, 0.2) is 5.79 Å². The Morgan fingerprint density at radius 2 is 1.48 bits per heavy atom. The molecule has 6 fully saturated rings. The van der Waals surface area contributed by atoms with Crippen molar-refractivity contribution in [1.82, 2.24) is 0 Å². The average Bonchev–Trinajstić information content (AvgIpc) is 3.11. The molecule has 1 aromatic rings. The number of ether oxygens (including phenoxy) is 1. The molecule has 5 aliphatic carbocycles.